The molecule has 0 heterocycles. The van der Waals surface area contributed by atoms with Crippen LogP contribution in [-0.2, 0) is 23.9 Å². The second kappa shape index (κ2) is 10.7. The number of ether oxygens (including phenoxy) is 2. The fourth-order valence-corrected chi connectivity index (χ4v) is 2.61. The summed E-state index contributed by atoms with van der Waals surface area (Å²) >= 11 is 0. The van der Waals surface area contributed by atoms with Gasteiger partial charge in [0.1, 0.15) is 10.8 Å². The van der Waals surface area contributed by atoms with E-state index in [9.17, 15) is 14.4 Å². The van der Waals surface area contributed by atoms with Crippen LogP contribution in [0.5, 0.6) is 0 Å². The highest BCUT2D eigenvalue weighted by atomic mass is 16.5. The molecule has 0 aliphatic carbocycles. The van der Waals surface area contributed by atoms with E-state index >= 15 is 0 Å². The Labute approximate surface area is 155 Å². The molecule has 0 N–H and O–H groups in total. The van der Waals surface area contributed by atoms with Crippen LogP contribution in [0.1, 0.15) is 39.5 Å². The summed E-state index contributed by atoms with van der Waals surface area (Å²) in [5.41, 5.74) is -3.86. The molecule has 0 bridgehead atoms. The predicted octanol–water partition coefficient (Wildman–Crippen LogP) is 1.75. The summed E-state index contributed by atoms with van der Waals surface area (Å²) in [4.78, 5) is 38.8. The van der Waals surface area contributed by atoms with Gasteiger partial charge in [-0.05, 0) is 13.8 Å². The van der Waals surface area contributed by atoms with Crippen LogP contribution in [0.2, 0.25) is 0 Å². The predicted molar refractivity (Wildman–Crippen MR) is 96.9 cm³/mol. The van der Waals surface area contributed by atoms with Crippen LogP contribution >= 0.6 is 0 Å². The molecule has 0 radical (unpaired) electrons. The summed E-state index contributed by atoms with van der Waals surface area (Å²) in [5.74, 6) is 6.38. The Kier molecular flexibility index (Phi) is 9.37. The Hall–Kier alpha value is -3.15. The molecule has 0 rings (SSSR count). The van der Waals surface area contributed by atoms with Crippen LogP contribution in [-0.4, -0.2) is 30.9 Å². The molecule has 0 aliphatic rings. The zero-order valence-electron chi connectivity index (χ0n) is 15.1. The van der Waals surface area contributed by atoms with Gasteiger partial charge in [0.05, 0.1) is 13.2 Å². The number of Topliss-reactive ketones (excluding diaryl/α,β-unsaturated/α-hetero) is 1. The number of ketones is 1. The number of hydrogen-bond acceptors (Lipinski definition) is 5. The van der Waals surface area contributed by atoms with E-state index in [0.717, 1.165) is 0 Å². The topological polar surface area (TPSA) is 69.7 Å². The number of carbonyl (C=O) groups is 3. The van der Waals surface area contributed by atoms with Gasteiger partial charge in [-0.25, -0.2) is 0 Å². The van der Waals surface area contributed by atoms with Gasteiger partial charge in [0.25, 0.3) is 0 Å². The second-order valence-corrected chi connectivity index (χ2v) is 5.46. The third-order valence-electron chi connectivity index (χ3n) is 3.82. The van der Waals surface area contributed by atoms with Crippen LogP contribution < -0.4 is 0 Å². The van der Waals surface area contributed by atoms with Crippen LogP contribution in [0.25, 0.3) is 0 Å². The molecule has 0 aromatic carbocycles. The van der Waals surface area contributed by atoms with Gasteiger partial charge in [-0.1, -0.05) is 0 Å². The third-order valence-corrected chi connectivity index (χ3v) is 3.82. The van der Waals surface area contributed by atoms with Crippen molar-refractivity contribution in [3.63, 3.8) is 0 Å². The standard InChI is InChI=1S/C21H22O5/c1-7-13-20(14-8-2,18(23)25-11-5)17(22)21(15-9-3,16-10-4)19(24)26-12-6/h1-4H,11-16H2,5-6H3. The third kappa shape index (κ3) is 4.47. The summed E-state index contributed by atoms with van der Waals surface area (Å²) in [6.07, 6.45) is 20.0. The lowest BCUT2D eigenvalue weighted by atomic mass is 9.64. The number of carbonyl (C=O) groups excluding carboxylic acids is 3. The molecular weight excluding hydrogens is 332 g/mol. The average Bonchev–Trinajstić information content (AvgIpc) is 2.60. The molecule has 0 aromatic rings. The molecule has 5 heteroatoms. The molecule has 0 atom stereocenters. The summed E-state index contributed by atoms with van der Waals surface area (Å²) in [7, 11) is 0. The summed E-state index contributed by atoms with van der Waals surface area (Å²) in [6, 6.07) is 0. The molecule has 0 aliphatic heterocycles. The lowest BCUT2D eigenvalue weighted by Crippen LogP contribution is -2.52. The van der Waals surface area contributed by atoms with Crippen molar-refractivity contribution in [2.75, 3.05) is 13.2 Å². The number of rotatable bonds is 10. The van der Waals surface area contributed by atoms with E-state index in [2.05, 4.69) is 23.7 Å². The van der Waals surface area contributed by atoms with Gasteiger partial charge in [-0.3, -0.25) is 14.4 Å². The Bertz CT molecular complexity index is 611. The Balaban J connectivity index is 6.62. The van der Waals surface area contributed by atoms with E-state index in [1.54, 1.807) is 13.8 Å². The van der Waals surface area contributed by atoms with Crippen molar-refractivity contribution in [3.8, 4) is 49.4 Å². The zero-order chi connectivity index (χ0) is 20.2. The van der Waals surface area contributed by atoms with Gasteiger partial charge in [-0.2, -0.15) is 0 Å². The van der Waals surface area contributed by atoms with E-state index in [-0.39, 0.29) is 38.9 Å². The number of esters is 2. The van der Waals surface area contributed by atoms with Gasteiger partial charge in [0.15, 0.2) is 5.78 Å². The van der Waals surface area contributed by atoms with Crippen molar-refractivity contribution >= 4 is 17.7 Å². The smallest absolute Gasteiger partial charge is 0.321 e. The molecule has 26 heavy (non-hydrogen) atoms. The Morgan fingerprint density at radius 1 is 0.692 bits per heavy atom. The second-order valence-electron chi connectivity index (χ2n) is 5.46. The minimum Gasteiger partial charge on any atom is -0.465 e. The highest BCUT2D eigenvalue weighted by Crippen LogP contribution is 2.42. The zero-order valence-corrected chi connectivity index (χ0v) is 15.1. The van der Waals surface area contributed by atoms with Crippen LogP contribution in [0.3, 0.4) is 0 Å². The largest absolute Gasteiger partial charge is 0.465 e. The first-order valence-corrected chi connectivity index (χ1v) is 8.00. The summed E-state index contributed by atoms with van der Waals surface area (Å²) in [5, 5.41) is 0. The van der Waals surface area contributed by atoms with E-state index in [4.69, 9.17) is 35.2 Å². The molecule has 0 fully saturated rings. The minimum absolute atomic E-state index is 0.000307. The van der Waals surface area contributed by atoms with Gasteiger partial charge < -0.3 is 9.47 Å². The lowest BCUT2D eigenvalue weighted by Gasteiger charge is -2.35. The lowest BCUT2D eigenvalue weighted by molar-refractivity contribution is -0.170. The molecule has 136 valence electrons. The van der Waals surface area contributed by atoms with Gasteiger partial charge in [-0.15, -0.1) is 49.4 Å². The monoisotopic (exact) mass is 354 g/mol. The molecular formula is C21H22O5. The van der Waals surface area contributed by atoms with E-state index in [1.165, 1.54) is 0 Å². The number of terminal acetylenes is 4. The van der Waals surface area contributed by atoms with E-state index in [1.807, 2.05) is 0 Å². The maximum atomic E-state index is 13.5. The summed E-state index contributed by atoms with van der Waals surface area (Å²) < 4.78 is 10.0. The van der Waals surface area contributed by atoms with Gasteiger partial charge in [0, 0.05) is 25.7 Å². The average molecular weight is 354 g/mol. The first-order valence-electron chi connectivity index (χ1n) is 8.00. The first-order chi connectivity index (χ1) is 12.4. The van der Waals surface area contributed by atoms with Gasteiger partial charge in [0.2, 0.25) is 0 Å². The first kappa shape index (κ1) is 22.9. The molecule has 0 spiro atoms. The van der Waals surface area contributed by atoms with Crippen LogP contribution in [0, 0.1) is 60.2 Å². The molecule has 0 aromatic heterocycles. The fraction of sp³-hybridized carbons (Fsp3) is 0.476. The highest BCUT2D eigenvalue weighted by molar-refractivity contribution is 6.15. The quantitative estimate of drug-likeness (QED) is 0.340. The Morgan fingerprint density at radius 2 is 0.962 bits per heavy atom. The van der Waals surface area contributed by atoms with Crippen molar-refractivity contribution in [3.05, 3.63) is 0 Å². The van der Waals surface area contributed by atoms with Crippen molar-refractivity contribution < 1.29 is 23.9 Å². The van der Waals surface area contributed by atoms with Crippen molar-refractivity contribution in [2.24, 2.45) is 10.8 Å². The molecule has 0 saturated heterocycles. The van der Waals surface area contributed by atoms with Gasteiger partial charge >= 0.3 is 11.9 Å². The maximum absolute atomic E-state index is 13.5. The highest BCUT2D eigenvalue weighted by Gasteiger charge is 2.58. The molecule has 0 saturated carbocycles. The molecule has 0 amide bonds. The SMILES string of the molecule is C#CCC(CC#C)(C(=O)OCC)C(=O)C(CC#C)(CC#C)C(=O)OCC. The van der Waals surface area contributed by atoms with E-state index in [0.29, 0.717) is 0 Å². The van der Waals surface area contributed by atoms with E-state index < -0.39 is 28.6 Å². The molecule has 0 unspecified atom stereocenters. The minimum atomic E-state index is -1.93. The normalized spacial score (nSPS) is 10.4. The van der Waals surface area contributed by atoms with Crippen molar-refractivity contribution in [2.45, 2.75) is 39.5 Å². The Morgan fingerprint density at radius 3 is 1.15 bits per heavy atom. The van der Waals surface area contributed by atoms with Crippen LogP contribution in [0.4, 0.5) is 0 Å². The fourth-order valence-electron chi connectivity index (χ4n) is 2.61. The maximum Gasteiger partial charge on any atom is 0.321 e. The number of hydrogen-bond donors (Lipinski definition) is 0. The van der Waals surface area contributed by atoms with Crippen LogP contribution in [0.15, 0.2) is 0 Å². The van der Waals surface area contributed by atoms with Crippen molar-refractivity contribution in [1.29, 1.82) is 0 Å². The summed E-state index contributed by atoms with van der Waals surface area (Å²) in [6.45, 7) is 3.14. The molecule has 5 nitrogen and oxygen atoms in total. The van der Waals surface area contributed by atoms with Crippen molar-refractivity contribution in [1.82, 2.24) is 0 Å².